The number of anilines is 1. The molecule has 144 valence electrons. The van der Waals surface area contributed by atoms with Crippen LogP contribution in [0.5, 0.6) is 0 Å². The highest BCUT2D eigenvalue weighted by molar-refractivity contribution is 8.00. The van der Waals surface area contributed by atoms with E-state index in [0.29, 0.717) is 11.3 Å². The fourth-order valence-electron chi connectivity index (χ4n) is 3.43. The molecule has 0 unspecified atom stereocenters. The lowest BCUT2D eigenvalue weighted by molar-refractivity contribution is -0.115. The highest BCUT2D eigenvalue weighted by atomic mass is 32.2. The molecule has 1 amide bonds. The number of aryl methyl sites for hydroxylation is 2. The van der Waals surface area contributed by atoms with Gasteiger partial charge < -0.3 is 5.32 Å². The number of fused-ring (bicyclic) bond motifs is 3. The molecule has 0 bridgehead atoms. The predicted octanol–water partition coefficient (Wildman–Crippen LogP) is 4.89. The van der Waals surface area contributed by atoms with Crippen molar-refractivity contribution in [2.75, 3.05) is 5.32 Å². The van der Waals surface area contributed by atoms with Crippen LogP contribution in [0.1, 0.15) is 47.5 Å². The average Bonchev–Trinajstić information content (AvgIpc) is 3.07. The first kappa shape index (κ1) is 19.1. The highest BCUT2D eigenvalue weighted by Crippen LogP contribution is 2.40. The van der Waals surface area contributed by atoms with E-state index in [4.69, 9.17) is 0 Å². The summed E-state index contributed by atoms with van der Waals surface area (Å²) in [4.78, 5) is 35.6. The second kappa shape index (κ2) is 8.01. The van der Waals surface area contributed by atoms with Gasteiger partial charge in [-0.05, 0) is 57.2 Å². The first-order chi connectivity index (χ1) is 13.5. The van der Waals surface area contributed by atoms with Gasteiger partial charge in [-0.25, -0.2) is 9.97 Å². The molecule has 5 nitrogen and oxygen atoms in total. The number of nitrogens with zero attached hydrogens (tertiary/aromatic N) is 2. The summed E-state index contributed by atoms with van der Waals surface area (Å²) in [7, 11) is 0. The Balaban J connectivity index is 1.54. The maximum absolute atomic E-state index is 12.7. The van der Waals surface area contributed by atoms with Crippen molar-refractivity contribution in [3.63, 3.8) is 0 Å². The van der Waals surface area contributed by atoms with Gasteiger partial charge in [0.15, 0.2) is 5.78 Å². The quantitative estimate of drug-likeness (QED) is 0.368. The summed E-state index contributed by atoms with van der Waals surface area (Å²) in [5.74, 6) is -0.134. The van der Waals surface area contributed by atoms with Gasteiger partial charge in [0.05, 0.1) is 5.25 Å². The van der Waals surface area contributed by atoms with Gasteiger partial charge in [-0.15, -0.1) is 11.3 Å². The Morgan fingerprint density at radius 2 is 2.04 bits per heavy atom. The van der Waals surface area contributed by atoms with Gasteiger partial charge in [0.25, 0.3) is 0 Å². The molecule has 3 aromatic rings. The van der Waals surface area contributed by atoms with E-state index in [1.807, 2.05) is 6.92 Å². The average molecular weight is 412 g/mol. The summed E-state index contributed by atoms with van der Waals surface area (Å²) >= 11 is 3.22. The van der Waals surface area contributed by atoms with E-state index in [1.165, 1.54) is 42.0 Å². The van der Waals surface area contributed by atoms with Crippen LogP contribution >= 0.6 is 23.1 Å². The largest absolute Gasteiger partial charge is 0.325 e. The molecule has 1 aliphatic carbocycles. The maximum Gasteiger partial charge on any atom is 0.237 e. The minimum atomic E-state index is -0.321. The molecule has 7 heteroatoms. The lowest BCUT2D eigenvalue weighted by Gasteiger charge is -2.14. The molecule has 28 heavy (non-hydrogen) atoms. The molecule has 2 heterocycles. The predicted molar refractivity (Wildman–Crippen MR) is 114 cm³/mol. The smallest absolute Gasteiger partial charge is 0.237 e. The first-order valence-electron chi connectivity index (χ1n) is 9.36. The number of rotatable bonds is 5. The van der Waals surface area contributed by atoms with Crippen molar-refractivity contribution < 1.29 is 9.59 Å². The lowest BCUT2D eigenvalue weighted by Crippen LogP contribution is -2.22. The Morgan fingerprint density at radius 1 is 1.21 bits per heavy atom. The Hall–Kier alpha value is -2.25. The van der Waals surface area contributed by atoms with Crippen LogP contribution in [0.3, 0.4) is 0 Å². The number of thioether (sulfide) groups is 1. The van der Waals surface area contributed by atoms with Gasteiger partial charge in [-0.1, -0.05) is 23.9 Å². The van der Waals surface area contributed by atoms with Gasteiger partial charge in [0, 0.05) is 21.5 Å². The Bertz CT molecular complexity index is 1060. The third-order valence-corrected chi connectivity index (χ3v) is 7.21. The van der Waals surface area contributed by atoms with Crippen LogP contribution in [0, 0.1) is 0 Å². The second-order valence-corrected chi connectivity index (χ2v) is 9.37. The van der Waals surface area contributed by atoms with E-state index in [2.05, 4.69) is 15.3 Å². The van der Waals surface area contributed by atoms with E-state index in [0.717, 1.165) is 28.1 Å². The summed E-state index contributed by atoms with van der Waals surface area (Å²) in [5.41, 5.74) is 2.59. The number of carbonyl (C=O) groups is 2. The Kier molecular flexibility index (Phi) is 5.46. The SMILES string of the molecule is CC(=O)c1cccc(NC(=O)[C@H](C)Sc2ncnc3sc4c(c23)CCCC4)c1. The normalized spacial score (nSPS) is 14.5. The number of carbonyl (C=O) groups excluding carboxylic acids is 2. The Labute approximate surface area is 172 Å². The number of ketones is 1. The minimum Gasteiger partial charge on any atom is -0.325 e. The monoisotopic (exact) mass is 411 g/mol. The molecule has 4 rings (SSSR count). The summed E-state index contributed by atoms with van der Waals surface area (Å²) in [6.45, 7) is 3.39. The first-order valence-corrected chi connectivity index (χ1v) is 11.1. The topological polar surface area (TPSA) is 72.0 Å². The summed E-state index contributed by atoms with van der Waals surface area (Å²) < 4.78 is 0. The molecular weight excluding hydrogens is 390 g/mol. The zero-order valence-corrected chi connectivity index (χ0v) is 17.5. The van der Waals surface area contributed by atoms with E-state index >= 15 is 0 Å². The molecule has 0 spiro atoms. The van der Waals surface area contributed by atoms with Crippen molar-refractivity contribution >= 4 is 50.7 Å². The summed E-state index contributed by atoms with van der Waals surface area (Å²) in [6.07, 6.45) is 6.19. The van der Waals surface area contributed by atoms with Crippen LogP contribution in [0.25, 0.3) is 10.2 Å². The number of amides is 1. The van der Waals surface area contributed by atoms with Gasteiger partial charge in [0.2, 0.25) is 5.91 Å². The number of hydrogen-bond acceptors (Lipinski definition) is 6. The molecular formula is C21H21N3O2S2. The van der Waals surface area contributed by atoms with Crippen molar-refractivity contribution in [1.29, 1.82) is 0 Å². The zero-order chi connectivity index (χ0) is 19.7. The van der Waals surface area contributed by atoms with E-state index < -0.39 is 0 Å². The molecule has 0 saturated heterocycles. The van der Waals surface area contributed by atoms with Crippen molar-refractivity contribution in [2.24, 2.45) is 0 Å². The maximum atomic E-state index is 12.7. The van der Waals surface area contributed by atoms with Crippen LogP contribution in [0.2, 0.25) is 0 Å². The van der Waals surface area contributed by atoms with Gasteiger partial charge in [-0.3, -0.25) is 9.59 Å². The van der Waals surface area contributed by atoms with Crippen LogP contribution < -0.4 is 5.32 Å². The van der Waals surface area contributed by atoms with Crippen molar-refractivity contribution in [3.05, 3.63) is 46.6 Å². The van der Waals surface area contributed by atoms with Crippen LogP contribution in [0.15, 0.2) is 35.6 Å². The fraction of sp³-hybridized carbons (Fsp3) is 0.333. The van der Waals surface area contributed by atoms with Crippen molar-refractivity contribution in [1.82, 2.24) is 9.97 Å². The molecule has 0 aliphatic heterocycles. The number of aromatic nitrogens is 2. The summed E-state index contributed by atoms with van der Waals surface area (Å²) in [6, 6.07) is 7.01. The second-order valence-electron chi connectivity index (χ2n) is 6.96. The molecule has 0 saturated carbocycles. The van der Waals surface area contributed by atoms with E-state index in [-0.39, 0.29) is 16.9 Å². The van der Waals surface area contributed by atoms with Gasteiger partial charge >= 0.3 is 0 Å². The number of benzene rings is 1. The van der Waals surface area contributed by atoms with Crippen molar-refractivity contribution in [3.8, 4) is 0 Å². The summed E-state index contributed by atoms with van der Waals surface area (Å²) in [5, 5.41) is 4.60. The molecule has 1 atom stereocenters. The number of Topliss-reactive ketones (excluding diaryl/α,β-unsaturated/α-hetero) is 1. The van der Waals surface area contributed by atoms with Crippen LogP contribution in [-0.4, -0.2) is 26.9 Å². The molecule has 0 fully saturated rings. The molecule has 1 N–H and O–H groups in total. The zero-order valence-electron chi connectivity index (χ0n) is 15.8. The van der Waals surface area contributed by atoms with E-state index in [1.54, 1.807) is 41.9 Å². The van der Waals surface area contributed by atoms with Gasteiger partial charge in [-0.2, -0.15) is 0 Å². The highest BCUT2D eigenvalue weighted by Gasteiger charge is 2.23. The third kappa shape index (κ3) is 3.82. The fourth-order valence-corrected chi connectivity index (χ4v) is 5.67. The third-order valence-electron chi connectivity index (χ3n) is 4.91. The molecule has 1 aliphatic rings. The minimum absolute atomic E-state index is 0.0240. The molecule has 0 radical (unpaired) electrons. The number of nitrogens with one attached hydrogen (secondary N) is 1. The van der Waals surface area contributed by atoms with Gasteiger partial charge in [0.1, 0.15) is 16.2 Å². The number of hydrogen-bond donors (Lipinski definition) is 1. The molecule has 2 aromatic heterocycles. The van der Waals surface area contributed by atoms with Crippen LogP contribution in [-0.2, 0) is 17.6 Å². The number of thiophene rings is 1. The Morgan fingerprint density at radius 3 is 2.86 bits per heavy atom. The van der Waals surface area contributed by atoms with Crippen molar-refractivity contribution in [2.45, 2.75) is 49.8 Å². The van der Waals surface area contributed by atoms with E-state index in [9.17, 15) is 9.59 Å². The standard InChI is InChI=1S/C21H21N3O2S2/c1-12(25)14-6-5-7-15(10-14)24-19(26)13(2)27-20-18-16-8-3-4-9-17(16)28-21(18)23-11-22-20/h5-7,10-11,13H,3-4,8-9H2,1-2H3,(H,24,26)/t13-/m0/s1. The molecule has 1 aromatic carbocycles. The lowest BCUT2D eigenvalue weighted by atomic mass is 9.97. The van der Waals surface area contributed by atoms with Crippen LogP contribution in [0.4, 0.5) is 5.69 Å².